The molecule has 15 nitrogen and oxygen atoms in total. The Morgan fingerprint density at radius 3 is 2.13 bits per heavy atom. The number of nitrogens with one attached hydrogen (secondary N) is 4. The van der Waals surface area contributed by atoms with Crippen molar-refractivity contribution in [1.29, 1.82) is 0 Å². The minimum Gasteiger partial charge on any atom is -0.506 e. The highest BCUT2D eigenvalue weighted by Gasteiger charge is 2.26. The standard InChI is InChI=1S/C40H46N6O9/c1-45-32-13-12-28(21-30(32)37(51)36(40(45)54)39(53)42-25-35(49)50)24-41-38(52)31(22-27-10-6-3-7-11-27)44-34(48)23-29(20-26-8-4-2-5-9-26)43-33(47)14-15-46-16-18-55-19-17-46/h2-13,21,29,31,51H,14-20,22-25H2,1H3,(H,41,52)(H,42,53)(H,43,47)(H,44,48)(H,49,50)/t29-,31+/m0/s1. The maximum atomic E-state index is 13.7. The molecule has 0 saturated carbocycles. The molecule has 0 bridgehead atoms. The third-order valence-electron chi connectivity index (χ3n) is 9.34. The highest BCUT2D eigenvalue weighted by atomic mass is 16.5. The average molecular weight is 755 g/mol. The van der Waals surface area contributed by atoms with Crippen molar-refractivity contribution in [3.05, 3.63) is 111 Å². The maximum Gasteiger partial charge on any atom is 0.322 e. The van der Waals surface area contributed by atoms with Crippen molar-refractivity contribution in [1.82, 2.24) is 30.7 Å². The van der Waals surface area contributed by atoms with E-state index < -0.39 is 59.2 Å². The van der Waals surface area contributed by atoms with E-state index in [9.17, 15) is 33.9 Å². The smallest absolute Gasteiger partial charge is 0.322 e. The number of benzene rings is 3. The van der Waals surface area contributed by atoms with Gasteiger partial charge in [-0.05, 0) is 35.2 Å². The van der Waals surface area contributed by atoms with E-state index in [0.29, 0.717) is 37.3 Å². The van der Waals surface area contributed by atoms with Gasteiger partial charge in [0, 0.05) is 63.9 Å². The summed E-state index contributed by atoms with van der Waals surface area (Å²) in [4.78, 5) is 79.1. The van der Waals surface area contributed by atoms with Crippen LogP contribution in [0.2, 0.25) is 0 Å². The second kappa shape index (κ2) is 19.3. The Labute approximate surface area is 317 Å². The van der Waals surface area contributed by atoms with Gasteiger partial charge in [0.05, 0.1) is 18.7 Å². The molecule has 1 aliphatic rings. The monoisotopic (exact) mass is 754 g/mol. The van der Waals surface area contributed by atoms with Gasteiger partial charge in [-0.3, -0.25) is 33.7 Å². The number of aromatic hydroxyl groups is 1. The van der Waals surface area contributed by atoms with Gasteiger partial charge in [-0.15, -0.1) is 0 Å². The zero-order valence-electron chi connectivity index (χ0n) is 30.6. The fraction of sp³-hybridized carbons (Fsp3) is 0.350. The number of carbonyl (C=O) groups is 5. The van der Waals surface area contributed by atoms with Gasteiger partial charge in [-0.2, -0.15) is 0 Å². The number of ether oxygens (including phenoxy) is 1. The first-order valence-corrected chi connectivity index (χ1v) is 18.1. The SMILES string of the molecule is Cn1c(=O)c(C(=O)NCC(=O)O)c(O)c2cc(CNC(=O)[C@@H](Cc3ccccc3)NC(=O)C[C@H](Cc3ccccc3)NC(=O)CCN3CCOCC3)ccc21. The lowest BCUT2D eigenvalue weighted by atomic mass is 10.0. The number of carbonyl (C=O) groups excluding carboxylic acids is 4. The van der Waals surface area contributed by atoms with Crippen LogP contribution in [0.5, 0.6) is 5.75 Å². The molecule has 2 atom stereocenters. The third kappa shape index (κ3) is 11.5. The van der Waals surface area contributed by atoms with Gasteiger partial charge < -0.3 is 40.8 Å². The number of carboxylic acid groups (broad SMARTS) is 1. The van der Waals surface area contributed by atoms with E-state index >= 15 is 0 Å². The number of hydrogen-bond donors (Lipinski definition) is 6. The van der Waals surface area contributed by atoms with Gasteiger partial charge in [0.2, 0.25) is 17.7 Å². The fourth-order valence-electron chi connectivity index (χ4n) is 6.44. The van der Waals surface area contributed by atoms with Crippen LogP contribution in [-0.4, -0.2) is 101 Å². The Bertz CT molecular complexity index is 2050. The van der Waals surface area contributed by atoms with Crippen LogP contribution in [0.3, 0.4) is 0 Å². The second-order valence-electron chi connectivity index (χ2n) is 13.4. The number of aromatic nitrogens is 1. The molecule has 0 radical (unpaired) electrons. The van der Waals surface area contributed by atoms with Crippen molar-refractivity contribution < 1.29 is 38.9 Å². The van der Waals surface area contributed by atoms with E-state index in [1.54, 1.807) is 12.1 Å². The van der Waals surface area contributed by atoms with Gasteiger partial charge in [0.15, 0.2) is 0 Å². The Morgan fingerprint density at radius 1 is 0.818 bits per heavy atom. The molecule has 0 unspecified atom stereocenters. The molecule has 4 aromatic rings. The third-order valence-corrected chi connectivity index (χ3v) is 9.34. The Hall–Kier alpha value is -6.06. The molecule has 1 aromatic heterocycles. The highest BCUT2D eigenvalue weighted by Crippen LogP contribution is 2.27. The molecule has 2 heterocycles. The summed E-state index contributed by atoms with van der Waals surface area (Å²) in [5, 5.41) is 30.9. The molecule has 290 valence electrons. The van der Waals surface area contributed by atoms with Crippen molar-refractivity contribution in [3.8, 4) is 5.75 Å². The van der Waals surface area contributed by atoms with Crippen LogP contribution in [0.25, 0.3) is 10.9 Å². The minimum absolute atomic E-state index is 0.0331. The molecular formula is C40H46N6O9. The summed E-state index contributed by atoms with van der Waals surface area (Å²) in [5.74, 6) is -4.06. The summed E-state index contributed by atoms with van der Waals surface area (Å²) in [6, 6.07) is 21.9. The Kier molecular flexibility index (Phi) is 14.1. The molecule has 15 heteroatoms. The van der Waals surface area contributed by atoms with Crippen LogP contribution >= 0.6 is 0 Å². The summed E-state index contributed by atoms with van der Waals surface area (Å²) in [5.41, 5.74) is 1.15. The highest BCUT2D eigenvalue weighted by molar-refractivity contribution is 6.03. The molecule has 0 spiro atoms. The molecule has 3 aromatic carbocycles. The zero-order chi connectivity index (χ0) is 39.3. The van der Waals surface area contributed by atoms with E-state index in [2.05, 4.69) is 26.2 Å². The summed E-state index contributed by atoms with van der Waals surface area (Å²) < 4.78 is 6.56. The summed E-state index contributed by atoms with van der Waals surface area (Å²) in [6.45, 7) is 2.57. The lowest BCUT2D eigenvalue weighted by molar-refractivity contribution is -0.135. The van der Waals surface area contributed by atoms with E-state index in [1.807, 2.05) is 60.7 Å². The number of amides is 4. The van der Waals surface area contributed by atoms with Crippen molar-refractivity contribution in [3.63, 3.8) is 0 Å². The molecule has 55 heavy (non-hydrogen) atoms. The lowest BCUT2D eigenvalue weighted by Crippen LogP contribution is -2.50. The van der Waals surface area contributed by atoms with Crippen molar-refractivity contribution in [2.75, 3.05) is 39.4 Å². The quantitative estimate of drug-likeness (QED) is 0.0909. The molecule has 1 aliphatic heterocycles. The van der Waals surface area contributed by atoms with Crippen molar-refractivity contribution in [2.45, 2.75) is 44.3 Å². The predicted octanol–water partition coefficient (Wildman–Crippen LogP) is 1.24. The van der Waals surface area contributed by atoms with Crippen molar-refractivity contribution >= 4 is 40.5 Å². The van der Waals surface area contributed by atoms with E-state index in [0.717, 1.165) is 28.8 Å². The van der Waals surface area contributed by atoms with Gasteiger partial charge in [0.25, 0.3) is 11.5 Å². The number of fused-ring (bicyclic) bond motifs is 1. The van der Waals surface area contributed by atoms with Crippen LogP contribution in [0.15, 0.2) is 83.7 Å². The molecule has 1 fully saturated rings. The Morgan fingerprint density at radius 2 is 1.47 bits per heavy atom. The average Bonchev–Trinajstić information content (AvgIpc) is 3.18. The first-order chi connectivity index (χ1) is 26.5. The largest absolute Gasteiger partial charge is 0.506 e. The molecule has 5 rings (SSSR count). The van der Waals surface area contributed by atoms with Crippen LogP contribution in [0.4, 0.5) is 0 Å². The number of aliphatic carboxylic acids is 1. The topological polar surface area (TPSA) is 208 Å². The normalized spacial score (nSPS) is 14.1. The van der Waals surface area contributed by atoms with Gasteiger partial charge >= 0.3 is 5.97 Å². The van der Waals surface area contributed by atoms with Crippen LogP contribution in [-0.2, 0) is 50.3 Å². The molecular weight excluding hydrogens is 708 g/mol. The van der Waals surface area contributed by atoms with Gasteiger partial charge in [0.1, 0.15) is 23.9 Å². The van der Waals surface area contributed by atoms with Crippen LogP contribution in [0, 0.1) is 0 Å². The minimum atomic E-state index is -1.32. The maximum absolute atomic E-state index is 13.7. The van der Waals surface area contributed by atoms with Crippen molar-refractivity contribution in [2.24, 2.45) is 7.05 Å². The predicted molar refractivity (Wildman–Crippen MR) is 203 cm³/mol. The first-order valence-electron chi connectivity index (χ1n) is 18.1. The first kappa shape index (κ1) is 40.1. The Balaban J connectivity index is 1.29. The van der Waals surface area contributed by atoms with Crippen LogP contribution < -0.4 is 26.8 Å². The number of hydrogen-bond acceptors (Lipinski definition) is 9. The van der Waals surface area contributed by atoms with Crippen LogP contribution in [0.1, 0.15) is 39.9 Å². The summed E-state index contributed by atoms with van der Waals surface area (Å²) in [7, 11) is 1.41. The number of rotatable bonds is 17. The van der Waals surface area contributed by atoms with E-state index in [-0.39, 0.29) is 37.1 Å². The fourth-order valence-corrected chi connectivity index (χ4v) is 6.44. The number of carboxylic acids is 1. The number of aryl methyl sites for hydroxylation is 1. The van der Waals surface area contributed by atoms with Gasteiger partial charge in [-0.1, -0.05) is 66.7 Å². The lowest BCUT2D eigenvalue weighted by Gasteiger charge is -2.27. The number of morpholine rings is 1. The van der Waals surface area contributed by atoms with Gasteiger partial charge in [-0.25, -0.2) is 0 Å². The zero-order valence-corrected chi connectivity index (χ0v) is 30.6. The molecule has 0 aliphatic carbocycles. The molecule has 4 amide bonds. The van der Waals surface area contributed by atoms with E-state index in [4.69, 9.17) is 9.84 Å². The number of nitrogens with zero attached hydrogens (tertiary/aromatic N) is 2. The molecule has 1 saturated heterocycles. The molecule has 6 N–H and O–H groups in total. The summed E-state index contributed by atoms with van der Waals surface area (Å²) in [6.07, 6.45) is 0.801. The summed E-state index contributed by atoms with van der Waals surface area (Å²) >= 11 is 0. The van der Waals surface area contributed by atoms with E-state index in [1.165, 1.54) is 13.1 Å². The second-order valence-corrected chi connectivity index (χ2v) is 13.4. The number of pyridine rings is 1.